The molecule has 18 heavy (non-hydrogen) atoms. The van der Waals surface area contributed by atoms with Gasteiger partial charge in [-0.05, 0) is 18.2 Å². The molecule has 0 aliphatic carbocycles. The second-order valence-electron chi connectivity index (χ2n) is 3.46. The number of nitrogens with two attached hydrogens (primary N) is 1. The van der Waals surface area contributed by atoms with Gasteiger partial charge in [-0.15, -0.1) is 0 Å². The molecule has 0 amide bonds. The molecule has 0 spiro atoms. The highest BCUT2D eigenvalue weighted by Crippen LogP contribution is 2.27. The fraction of sp³-hybridized carbons (Fsp3) is 0.100. The minimum Gasteiger partial charge on any atom is -0.384 e. The first-order valence-electron chi connectivity index (χ1n) is 4.81. The lowest BCUT2D eigenvalue weighted by Crippen LogP contribution is -2.12. The Bertz CT molecular complexity index is 570. The fourth-order valence-electron chi connectivity index (χ4n) is 1.28. The van der Waals surface area contributed by atoms with E-state index >= 15 is 0 Å². The Morgan fingerprint density at radius 1 is 1.28 bits per heavy atom. The average molecular weight is 255 g/mol. The van der Waals surface area contributed by atoms with Crippen LogP contribution in [0.2, 0.25) is 0 Å². The number of hydrogen-bond donors (Lipinski definition) is 2. The predicted molar refractivity (Wildman–Crippen MR) is 57.4 cm³/mol. The molecule has 5 nitrogen and oxygen atoms in total. The van der Waals surface area contributed by atoms with Crippen molar-refractivity contribution in [3.05, 3.63) is 41.9 Å². The summed E-state index contributed by atoms with van der Waals surface area (Å²) >= 11 is 0. The quantitative estimate of drug-likeness (QED) is 0.631. The van der Waals surface area contributed by atoms with Crippen LogP contribution in [0, 0.1) is 5.41 Å². The Balaban J connectivity index is 2.32. The summed E-state index contributed by atoms with van der Waals surface area (Å²) in [4.78, 5) is 3.88. The third-order valence-corrected chi connectivity index (χ3v) is 2.17. The molecule has 0 aliphatic heterocycles. The van der Waals surface area contributed by atoms with Crippen LogP contribution in [0.4, 0.5) is 13.2 Å². The first-order chi connectivity index (χ1) is 8.38. The summed E-state index contributed by atoms with van der Waals surface area (Å²) < 4.78 is 38.0. The standard InChI is InChI=1S/C10H8F3N5/c11-10(12,13)7-3-4-18(17-7)8-2-1-6(5-16-8)9(14)15/h1-5H,(H3,14,15). The van der Waals surface area contributed by atoms with Crippen molar-refractivity contribution >= 4 is 5.84 Å². The van der Waals surface area contributed by atoms with Gasteiger partial charge in [0.25, 0.3) is 0 Å². The van der Waals surface area contributed by atoms with E-state index in [1.165, 1.54) is 24.5 Å². The highest BCUT2D eigenvalue weighted by Gasteiger charge is 2.33. The number of pyridine rings is 1. The number of alkyl halides is 3. The van der Waals surface area contributed by atoms with E-state index in [0.717, 1.165) is 10.7 Å². The van der Waals surface area contributed by atoms with Crippen LogP contribution < -0.4 is 5.73 Å². The van der Waals surface area contributed by atoms with Crippen LogP contribution in [0.5, 0.6) is 0 Å². The minimum atomic E-state index is -4.48. The monoisotopic (exact) mass is 255 g/mol. The third kappa shape index (κ3) is 2.31. The largest absolute Gasteiger partial charge is 0.435 e. The summed E-state index contributed by atoms with van der Waals surface area (Å²) in [5, 5.41) is 10.5. The van der Waals surface area contributed by atoms with Gasteiger partial charge in [-0.1, -0.05) is 0 Å². The number of nitrogens with one attached hydrogen (secondary N) is 1. The maximum atomic E-state index is 12.3. The summed E-state index contributed by atoms with van der Waals surface area (Å²) in [6.45, 7) is 0. The van der Waals surface area contributed by atoms with Gasteiger partial charge in [-0.3, -0.25) is 5.41 Å². The van der Waals surface area contributed by atoms with Gasteiger partial charge >= 0.3 is 6.18 Å². The zero-order valence-electron chi connectivity index (χ0n) is 8.94. The highest BCUT2D eigenvalue weighted by atomic mass is 19.4. The lowest BCUT2D eigenvalue weighted by Gasteiger charge is -2.03. The molecule has 0 radical (unpaired) electrons. The van der Waals surface area contributed by atoms with Crippen LogP contribution in [0.25, 0.3) is 5.82 Å². The van der Waals surface area contributed by atoms with Crippen molar-refractivity contribution in [2.45, 2.75) is 6.18 Å². The summed E-state index contributed by atoms with van der Waals surface area (Å²) in [6.07, 6.45) is -2.02. The van der Waals surface area contributed by atoms with Gasteiger partial charge < -0.3 is 5.73 Å². The Morgan fingerprint density at radius 3 is 2.44 bits per heavy atom. The number of amidine groups is 1. The van der Waals surface area contributed by atoms with E-state index in [1.807, 2.05) is 0 Å². The molecule has 0 unspecified atom stereocenters. The zero-order chi connectivity index (χ0) is 13.3. The smallest absolute Gasteiger partial charge is 0.384 e. The van der Waals surface area contributed by atoms with Crippen molar-refractivity contribution < 1.29 is 13.2 Å². The molecule has 2 rings (SSSR count). The summed E-state index contributed by atoms with van der Waals surface area (Å²) in [5.74, 6) is 0.0565. The molecule has 3 N–H and O–H groups in total. The van der Waals surface area contributed by atoms with Gasteiger partial charge in [-0.25, -0.2) is 9.67 Å². The van der Waals surface area contributed by atoms with Crippen molar-refractivity contribution in [2.75, 3.05) is 0 Å². The van der Waals surface area contributed by atoms with Gasteiger partial charge in [0.1, 0.15) is 5.84 Å². The Labute approximate surface area is 99.6 Å². The van der Waals surface area contributed by atoms with Gasteiger partial charge in [0.15, 0.2) is 11.5 Å². The van der Waals surface area contributed by atoms with Crippen molar-refractivity contribution in [3.8, 4) is 5.82 Å². The predicted octanol–water partition coefficient (Wildman–Crippen LogP) is 1.57. The first kappa shape index (κ1) is 12.1. The number of halogens is 3. The number of hydrogen-bond acceptors (Lipinski definition) is 3. The van der Waals surface area contributed by atoms with Crippen molar-refractivity contribution in [1.29, 1.82) is 5.41 Å². The van der Waals surface area contributed by atoms with Crippen LogP contribution >= 0.6 is 0 Å². The molecule has 0 aliphatic rings. The first-order valence-corrected chi connectivity index (χ1v) is 4.81. The van der Waals surface area contributed by atoms with Crippen molar-refractivity contribution in [2.24, 2.45) is 5.73 Å². The maximum absolute atomic E-state index is 12.3. The van der Waals surface area contributed by atoms with Crippen LogP contribution in [-0.4, -0.2) is 20.6 Å². The third-order valence-electron chi connectivity index (χ3n) is 2.17. The Hall–Kier alpha value is -2.38. The minimum absolute atomic E-state index is 0.162. The molecule has 0 aromatic carbocycles. The molecule has 2 aromatic heterocycles. The second kappa shape index (κ2) is 4.13. The van der Waals surface area contributed by atoms with E-state index in [1.54, 1.807) is 0 Å². The SMILES string of the molecule is N=C(N)c1ccc(-n2ccc(C(F)(F)F)n2)nc1. The summed E-state index contributed by atoms with van der Waals surface area (Å²) in [7, 11) is 0. The van der Waals surface area contributed by atoms with E-state index in [2.05, 4.69) is 10.1 Å². The van der Waals surface area contributed by atoms with Crippen LogP contribution in [0.3, 0.4) is 0 Å². The summed E-state index contributed by atoms with van der Waals surface area (Å²) in [6, 6.07) is 3.78. The molecule has 2 aromatic rings. The fourth-order valence-corrected chi connectivity index (χ4v) is 1.28. The molecule has 0 saturated carbocycles. The van der Waals surface area contributed by atoms with Crippen LogP contribution in [0.1, 0.15) is 11.3 Å². The van der Waals surface area contributed by atoms with Gasteiger partial charge in [0, 0.05) is 18.0 Å². The van der Waals surface area contributed by atoms with Crippen LogP contribution in [0.15, 0.2) is 30.6 Å². The Morgan fingerprint density at radius 2 is 2.00 bits per heavy atom. The molecule has 0 fully saturated rings. The van der Waals surface area contributed by atoms with E-state index < -0.39 is 11.9 Å². The molecule has 0 atom stereocenters. The zero-order valence-corrected chi connectivity index (χ0v) is 8.94. The molecule has 94 valence electrons. The van der Waals surface area contributed by atoms with E-state index in [4.69, 9.17) is 11.1 Å². The highest BCUT2D eigenvalue weighted by molar-refractivity contribution is 5.94. The maximum Gasteiger partial charge on any atom is 0.435 e. The molecular formula is C10H8F3N5. The molecule has 2 heterocycles. The number of rotatable bonds is 2. The molecule has 0 saturated heterocycles. The topological polar surface area (TPSA) is 80.6 Å². The van der Waals surface area contributed by atoms with E-state index in [-0.39, 0.29) is 11.7 Å². The van der Waals surface area contributed by atoms with E-state index in [9.17, 15) is 13.2 Å². The van der Waals surface area contributed by atoms with Crippen molar-refractivity contribution in [3.63, 3.8) is 0 Å². The second-order valence-corrected chi connectivity index (χ2v) is 3.46. The molecule has 0 bridgehead atoms. The lowest BCUT2D eigenvalue weighted by molar-refractivity contribution is -0.141. The summed E-state index contributed by atoms with van der Waals surface area (Å²) in [5.41, 5.74) is 4.64. The van der Waals surface area contributed by atoms with Gasteiger partial charge in [0.2, 0.25) is 0 Å². The normalized spacial score (nSPS) is 11.5. The van der Waals surface area contributed by atoms with Gasteiger partial charge in [0.05, 0.1) is 0 Å². The van der Waals surface area contributed by atoms with Crippen molar-refractivity contribution in [1.82, 2.24) is 14.8 Å². The molecule has 8 heteroatoms. The molecular weight excluding hydrogens is 247 g/mol. The van der Waals surface area contributed by atoms with Crippen LogP contribution in [-0.2, 0) is 6.18 Å². The number of nitrogen functional groups attached to an aromatic ring is 1. The van der Waals surface area contributed by atoms with Gasteiger partial charge in [-0.2, -0.15) is 18.3 Å². The number of aromatic nitrogens is 3. The van der Waals surface area contributed by atoms with E-state index in [0.29, 0.717) is 5.56 Å². The number of nitrogens with zero attached hydrogens (tertiary/aromatic N) is 3. The lowest BCUT2D eigenvalue weighted by atomic mass is 10.2. The Kier molecular flexibility index (Phi) is 2.77. The average Bonchev–Trinajstić information content (AvgIpc) is 2.78.